The van der Waals surface area contributed by atoms with Crippen molar-refractivity contribution in [3.8, 4) is 0 Å². The second-order valence-corrected chi connectivity index (χ2v) is 3.46. The van der Waals surface area contributed by atoms with Gasteiger partial charge in [0.15, 0.2) is 0 Å². The molecule has 1 atom stereocenters. The molecule has 14 heavy (non-hydrogen) atoms. The van der Waals surface area contributed by atoms with Gasteiger partial charge in [-0.15, -0.1) is 12.4 Å². The number of carbonyl (C=O) groups is 1. The quantitative estimate of drug-likeness (QED) is 0.834. The van der Waals surface area contributed by atoms with Crippen LogP contribution in [0.4, 0.5) is 0 Å². The normalized spacial score (nSPS) is 13.9. The highest BCUT2D eigenvalue weighted by atomic mass is 35.5. The molecule has 0 aromatic heterocycles. The maximum Gasteiger partial charge on any atom is 0.141 e. The zero-order chi connectivity index (χ0) is 9.90. The van der Waals surface area contributed by atoms with Crippen LogP contribution in [0.5, 0.6) is 0 Å². The molecule has 1 rings (SSSR count). The van der Waals surface area contributed by atoms with Crippen molar-refractivity contribution >= 4 is 18.2 Å². The summed E-state index contributed by atoms with van der Waals surface area (Å²) in [5.41, 5.74) is 6.08. The highest BCUT2D eigenvalue weighted by molar-refractivity contribution is 5.87. The van der Waals surface area contributed by atoms with Gasteiger partial charge in [-0.05, 0) is 19.4 Å². The molecule has 0 aliphatic carbocycles. The molecule has 1 aromatic rings. The maximum atomic E-state index is 11.4. The van der Waals surface area contributed by atoms with Gasteiger partial charge in [0.05, 0.1) is 5.41 Å². The number of benzene rings is 1. The summed E-state index contributed by atoms with van der Waals surface area (Å²) >= 11 is 0. The molecule has 2 nitrogen and oxygen atoms in total. The van der Waals surface area contributed by atoms with Crippen LogP contribution in [0.15, 0.2) is 30.3 Å². The molecule has 0 aliphatic rings. The molecule has 0 saturated heterocycles. The van der Waals surface area contributed by atoms with E-state index >= 15 is 0 Å². The van der Waals surface area contributed by atoms with E-state index in [2.05, 4.69) is 0 Å². The van der Waals surface area contributed by atoms with Crippen molar-refractivity contribution in [2.24, 2.45) is 5.73 Å². The summed E-state index contributed by atoms with van der Waals surface area (Å²) < 4.78 is 0. The van der Waals surface area contributed by atoms with E-state index in [1.54, 1.807) is 6.92 Å². The third-order valence-electron chi connectivity index (χ3n) is 2.60. The van der Waals surface area contributed by atoms with Crippen LogP contribution in [0.1, 0.15) is 19.4 Å². The van der Waals surface area contributed by atoms with Gasteiger partial charge < -0.3 is 5.73 Å². The van der Waals surface area contributed by atoms with Crippen LogP contribution in [0.2, 0.25) is 0 Å². The molecule has 0 heterocycles. The molecule has 78 valence electrons. The lowest BCUT2D eigenvalue weighted by molar-refractivity contribution is -0.121. The number of hydrogen-bond donors (Lipinski definition) is 1. The topological polar surface area (TPSA) is 43.1 Å². The number of hydrogen-bond acceptors (Lipinski definition) is 2. The van der Waals surface area contributed by atoms with Gasteiger partial charge in [-0.2, -0.15) is 0 Å². The Labute approximate surface area is 90.9 Å². The predicted octanol–water partition coefficient (Wildman–Crippen LogP) is 1.91. The minimum absolute atomic E-state index is 0. The fraction of sp³-hybridized carbons (Fsp3) is 0.364. The third kappa shape index (κ3) is 2.34. The molecule has 0 amide bonds. The molecular weight excluding hydrogens is 198 g/mol. The highest BCUT2D eigenvalue weighted by Gasteiger charge is 2.29. The smallest absolute Gasteiger partial charge is 0.141 e. The van der Waals surface area contributed by atoms with E-state index in [0.717, 1.165) is 5.56 Å². The zero-order valence-electron chi connectivity index (χ0n) is 8.49. The van der Waals surface area contributed by atoms with Crippen molar-refractivity contribution in [2.75, 3.05) is 6.54 Å². The highest BCUT2D eigenvalue weighted by Crippen LogP contribution is 2.22. The molecule has 3 heteroatoms. The van der Waals surface area contributed by atoms with E-state index < -0.39 is 5.41 Å². The van der Waals surface area contributed by atoms with E-state index in [4.69, 9.17) is 5.73 Å². The fourth-order valence-electron chi connectivity index (χ4n) is 1.27. The van der Waals surface area contributed by atoms with Gasteiger partial charge in [0.25, 0.3) is 0 Å². The van der Waals surface area contributed by atoms with E-state index in [1.165, 1.54) is 0 Å². The molecule has 0 aliphatic heterocycles. The molecule has 1 aromatic carbocycles. The lowest BCUT2D eigenvalue weighted by Gasteiger charge is -2.25. The Bertz CT molecular complexity index is 299. The lowest BCUT2D eigenvalue weighted by atomic mass is 9.79. The number of carbonyl (C=O) groups excluding carboxylic acids is 1. The van der Waals surface area contributed by atoms with Crippen LogP contribution in [-0.4, -0.2) is 12.3 Å². The van der Waals surface area contributed by atoms with Crippen molar-refractivity contribution in [3.05, 3.63) is 35.9 Å². The van der Waals surface area contributed by atoms with Crippen molar-refractivity contribution in [2.45, 2.75) is 19.3 Å². The Hall–Kier alpha value is -0.860. The lowest BCUT2D eigenvalue weighted by Crippen LogP contribution is -2.38. The first-order chi connectivity index (χ1) is 6.11. The molecule has 0 radical (unpaired) electrons. The molecule has 2 N–H and O–H groups in total. The first-order valence-corrected chi connectivity index (χ1v) is 4.38. The Balaban J connectivity index is 0.00000169. The minimum atomic E-state index is -0.527. The van der Waals surface area contributed by atoms with Crippen molar-refractivity contribution in [1.29, 1.82) is 0 Å². The molecule has 0 saturated carbocycles. The van der Waals surface area contributed by atoms with E-state index in [0.29, 0.717) is 6.54 Å². The van der Waals surface area contributed by atoms with E-state index in [9.17, 15) is 4.79 Å². The van der Waals surface area contributed by atoms with Crippen LogP contribution >= 0.6 is 12.4 Å². The van der Waals surface area contributed by atoms with Crippen LogP contribution in [0.25, 0.3) is 0 Å². The Kier molecular flexibility index (Phi) is 4.81. The summed E-state index contributed by atoms with van der Waals surface area (Å²) in [4.78, 5) is 11.4. The summed E-state index contributed by atoms with van der Waals surface area (Å²) in [6.07, 6.45) is 0. The number of ketones is 1. The molecule has 0 unspecified atom stereocenters. The van der Waals surface area contributed by atoms with Gasteiger partial charge in [0.2, 0.25) is 0 Å². The first-order valence-electron chi connectivity index (χ1n) is 4.38. The van der Waals surface area contributed by atoms with Gasteiger partial charge in [-0.1, -0.05) is 30.3 Å². The summed E-state index contributed by atoms with van der Waals surface area (Å²) in [5.74, 6) is 0.112. The minimum Gasteiger partial charge on any atom is -0.329 e. The van der Waals surface area contributed by atoms with E-state index in [1.807, 2.05) is 37.3 Å². The number of rotatable bonds is 3. The standard InChI is InChI=1S/C11H15NO.ClH/c1-9(13)11(2,8-12)10-6-4-3-5-7-10;/h3-7H,8,12H2,1-2H3;1H/t11-;/m0./s1. The number of Topliss-reactive ketones (excluding diaryl/α,β-unsaturated/α-hetero) is 1. The van der Waals surface area contributed by atoms with Crippen LogP contribution in [0.3, 0.4) is 0 Å². The fourth-order valence-corrected chi connectivity index (χ4v) is 1.27. The number of halogens is 1. The summed E-state index contributed by atoms with van der Waals surface area (Å²) in [5, 5.41) is 0. The summed E-state index contributed by atoms with van der Waals surface area (Å²) in [7, 11) is 0. The Morgan fingerprint density at radius 1 is 1.36 bits per heavy atom. The zero-order valence-corrected chi connectivity index (χ0v) is 9.30. The molecule has 0 spiro atoms. The first kappa shape index (κ1) is 13.1. The van der Waals surface area contributed by atoms with Crippen molar-refractivity contribution in [1.82, 2.24) is 0 Å². The van der Waals surface area contributed by atoms with E-state index in [-0.39, 0.29) is 18.2 Å². The molecular formula is C11H16ClNO. The molecule has 0 fully saturated rings. The van der Waals surface area contributed by atoms with Crippen molar-refractivity contribution in [3.63, 3.8) is 0 Å². The monoisotopic (exact) mass is 213 g/mol. The summed E-state index contributed by atoms with van der Waals surface area (Å²) in [6.45, 7) is 3.82. The number of nitrogens with two attached hydrogens (primary N) is 1. The van der Waals surface area contributed by atoms with Gasteiger partial charge in [-0.25, -0.2) is 0 Å². The van der Waals surface area contributed by atoms with Crippen LogP contribution in [-0.2, 0) is 10.2 Å². The Morgan fingerprint density at radius 2 is 1.86 bits per heavy atom. The predicted molar refractivity (Wildman–Crippen MR) is 60.8 cm³/mol. The van der Waals surface area contributed by atoms with Crippen LogP contribution < -0.4 is 5.73 Å². The van der Waals surface area contributed by atoms with Crippen molar-refractivity contribution < 1.29 is 4.79 Å². The SMILES string of the molecule is CC(=O)[C@](C)(CN)c1ccccc1.Cl. The second kappa shape index (κ2) is 5.13. The Morgan fingerprint density at radius 3 is 2.21 bits per heavy atom. The van der Waals surface area contributed by atoms with Gasteiger partial charge in [0.1, 0.15) is 5.78 Å². The second-order valence-electron chi connectivity index (χ2n) is 3.46. The van der Waals surface area contributed by atoms with Gasteiger partial charge >= 0.3 is 0 Å². The third-order valence-corrected chi connectivity index (χ3v) is 2.60. The van der Waals surface area contributed by atoms with Gasteiger partial charge in [-0.3, -0.25) is 4.79 Å². The summed E-state index contributed by atoms with van der Waals surface area (Å²) in [6, 6.07) is 9.65. The maximum absolute atomic E-state index is 11.4. The average molecular weight is 214 g/mol. The molecule has 0 bridgehead atoms. The largest absolute Gasteiger partial charge is 0.329 e. The average Bonchev–Trinajstić information content (AvgIpc) is 2.17. The van der Waals surface area contributed by atoms with Gasteiger partial charge in [0, 0.05) is 6.54 Å². The van der Waals surface area contributed by atoms with Crippen LogP contribution in [0, 0.1) is 0 Å².